The van der Waals surface area contributed by atoms with Crippen LogP contribution in [0.4, 0.5) is 0 Å². The molecule has 0 aromatic heterocycles. The van der Waals surface area contributed by atoms with E-state index < -0.39 is 33.2 Å². The van der Waals surface area contributed by atoms with Gasteiger partial charge in [-0.25, -0.2) is 0 Å². The fourth-order valence-corrected chi connectivity index (χ4v) is 9.06. The Hall–Kier alpha value is -2.62. The van der Waals surface area contributed by atoms with Gasteiger partial charge in [0.2, 0.25) is 0 Å². The van der Waals surface area contributed by atoms with Crippen LogP contribution in [0.1, 0.15) is 104 Å². The Morgan fingerprint density at radius 1 is 0.897 bits per heavy atom. The molecule has 5 saturated carbocycles. The lowest BCUT2D eigenvalue weighted by Crippen LogP contribution is -2.75. The van der Waals surface area contributed by atoms with E-state index in [2.05, 4.69) is 46.8 Å². The highest BCUT2D eigenvalue weighted by atomic mass is 16.2. The highest BCUT2D eigenvalue weighted by Crippen LogP contribution is 2.75. The van der Waals surface area contributed by atoms with Gasteiger partial charge in [0.15, 0.2) is 28.5 Å². The van der Waals surface area contributed by atoms with Crippen LogP contribution in [-0.2, 0) is 14.4 Å². The van der Waals surface area contributed by atoms with E-state index in [-0.39, 0.29) is 35.2 Å². The molecule has 4 heteroatoms. The van der Waals surface area contributed by atoms with Crippen LogP contribution in [0, 0.1) is 38.9 Å². The van der Waals surface area contributed by atoms with Gasteiger partial charge in [-0.2, -0.15) is 0 Å². The van der Waals surface area contributed by atoms with E-state index in [0.717, 1.165) is 24.8 Å². The number of hydrogen-bond acceptors (Lipinski definition) is 4. The van der Waals surface area contributed by atoms with Gasteiger partial charge in [-0.3, -0.25) is 19.2 Å². The first-order valence-corrected chi connectivity index (χ1v) is 14.7. The topological polar surface area (TPSA) is 68.3 Å². The van der Waals surface area contributed by atoms with Crippen LogP contribution in [0.2, 0.25) is 0 Å². The molecule has 0 saturated heterocycles. The second kappa shape index (κ2) is 8.94. The smallest absolute Gasteiger partial charge is 0.184 e. The fourth-order valence-electron chi connectivity index (χ4n) is 9.06. The Bertz CT molecular complexity index is 1310. The molecule has 0 aliphatic heterocycles. The van der Waals surface area contributed by atoms with Crippen molar-refractivity contribution in [2.75, 3.05) is 0 Å². The average Bonchev–Trinajstić information content (AvgIpc) is 3.06. The van der Waals surface area contributed by atoms with Gasteiger partial charge in [0.25, 0.3) is 0 Å². The van der Waals surface area contributed by atoms with Crippen molar-refractivity contribution in [3.05, 3.63) is 59.2 Å². The molecule has 1 aromatic carbocycles. The lowest BCUT2D eigenvalue weighted by molar-refractivity contribution is -0.181. The summed E-state index contributed by atoms with van der Waals surface area (Å²) in [6, 6.07) is 8.82. The molecular formula is C35H44O4. The third-order valence-corrected chi connectivity index (χ3v) is 11.4. The van der Waals surface area contributed by atoms with E-state index in [4.69, 9.17) is 0 Å². The molecule has 4 bridgehead atoms. The minimum atomic E-state index is -1.84. The van der Waals surface area contributed by atoms with Crippen molar-refractivity contribution in [1.29, 1.82) is 0 Å². The molecule has 1 spiro atoms. The number of Topliss-reactive ketones (excluding diaryl/α,β-unsaturated/α-hetero) is 4. The van der Waals surface area contributed by atoms with Gasteiger partial charge in [-0.15, -0.1) is 0 Å². The summed E-state index contributed by atoms with van der Waals surface area (Å²) in [5.74, 6) is -1.63. The third kappa shape index (κ3) is 3.48. The van der Waals surface area contributed by atoms with Gasteiger partial charge < -0.3 is 0 Å². The molecule has 208 valence electrons. The van der Waals surface area contributed by atoms with Crippen molar-refractivity contribution in [1.82, 2.24) is 0 Å². The molecule has 0 radical (unpaired) electrons. The van der Waals surface area contributed by atoms with E-state index in [9.17, 15) is 14.4 Å². The zero-order valence-electron chi connectivity index (χ0n) is 24.8. The molecule has 5 fully saturated rings. The Morgan fingerprint density at radius 2 is 1.56 bits per heavy atom. The molecule has 0 heterocycles. The van der Waals surface area contributed by atoms with Crippen LogP contribution in [0.15, 0.2) is 53.6 Å². The monoisotopic (exact) mass is 528 g/mol. The maximum absolute atomic E-state index is 15.1. The number of benzene rings is 1. The summed E-state index contributed by atoms with van der Waals surface area (Å²) in [6.45, 7) is 14.5. The number of allylic oxidation sites excluding steroid dienone is 4. The third-order valence-electron chi connectivity index (χ3n) is 11.4. The van der Waals surface area contributed by atoms with Crippen LogP contribution in [0.3, 0.4) is 0 Å². The van der Waals surface area contributed by atoms with Crippen molar-refractivity contribution < 1.29 is 19.2 Å². The van der Waals surface area contributed by atoms with Crippen molar-refractivity contribution >= 4 is 23.1 Å². The summed E-state index contributed by atoms with van der Waals surface area (Å²) < 4.78 is 0. The Balaban J connectivity index is 1.73. The molecule has 5 atom stereocenters. The Kier molecular flexibility index (Phi) is 6.40. The molecule has 1 aromatic rings. The van der Waals surface area contributed by atoms with Crippen LogP contribution in [-0.4, -0.2) is 23.1 Å². The van der Waals surface area contributed by atoms with E-state index in [0.29, 0.717) is 24.8 Å². The zero-order valence-corrected chi connectivity index (χ0v) is 24.8. The summed E-state index contributed by atoms with van der Waals surface area (Å²) in [4.78, 5) is 59.6. The minimum Gasteiger partial charge on any atom is -0.297 e. The molecular weight excluding hydrogens is 484 g/mol. The summed E-state index contributed by atoms with van der Waals surface area (Å²) in [6.07, 6.45) is 8.63. The van der Waals surface area contributed by atoms with Crippen molar-refractivity contribution in [3.63, 3.8) is 0 Å². The van der Waals surface area contributed by atoms with Gasteiger partial charge in [0.1, 0.15) is 0 Å². The largest absolute Gasteiger partial charge is 0.297 e. The molecule has 4 nitrogen and oxygen atoms in total. The van der Waals surface area contributed by atoms with Crippen molar-refractivity contribution in [2.45, 2.75) is 93.4 Å². The normalized spacial score (nSPS) is 36.1. The van der Waals surface area contributed by atoms with Gasteiger partial charge in [0.05, 0.1) is 10.8 Å². The number of carbonyl (C=O) groups is 4. The van der Waals surface area contributed by atoms with Crippen LogP contribution >= 0.6 is 0 Å². The van der Waals surface area contributed by atoms with E-state index in [1.54, 1.807) is 24.3 Å². The molecule has 5 aliphatic rings. The van der Waals surface area contributed by atoms with Gasteiger partial charge >= 0.3 is 0 Å². The number of carbonyl (C=O) groups excluding carboxylic acids is 4. The molecule has 0 N–H and O–H groups in total. The predicted molar refractivity (Wildman–Crippen MR) is 153 cm³/mol. The van der Waals surface area contributed by atoms with Crippen LogP contribution < -0.4 is 0 Å². The summed E-state index contributed by atoms with van der Waals surface area (Å²) in [5, 5.41) is 0. The standard InChI is InChI=1S/C35H44O4/c1-22(2)12-11-13-23(3)16-17-33-21-25-20-26-31(4,5)18-19-34(26,28(33)37)30(39)35(29(33)38,32(25,6)7)27(36)24-14-9-8-10-15-24/h8-10,12,14-16,25-26H,11,13,17-21H2,1-7H3. The fraction of sp³-hybridized carbons (Fsp3) is 0.600. The van der Waals surface area contributed by atoms with Gasteiger partial charge in [0, 0.05) is 5.56 Å². The first-order chi connectivity index (χ1) is 18.2. The minimum absolute atomic E-state index is 0.0816. The van der Waals surface area contributed by atoms with E-state index >= 15 is 4.79 Å². The summed E-state index contributed by atoms with van der Waals surface area (Å²) in [5.41, 5.74) is -2.75. The maximum Gasteiger partial charge on any atom is 0.184 e. The molecule has 6 rings (SSSR count). The number of ketones is 4. The first-order valence-electron chi connectivity index (χ1n) is 14.7. The second-order valence-corrected chi connectivity index (χ2v) is 14.5. The average molecular weight is 529 g/mol. The molecule has 0 amide bonds. The number of rotatable bonds is 7. The molecule has 39 heavy (non-hydrogen) atoms. The molecule has 5 unspecified atom stereocenters. The SMILES string of the molecule is CC(C)=CCCC(C)=CCC12CC3CC4C(C)(C)CCC4(C1=O)C(=O)C(C(=O)c1ccccc1)(C2=O)C3(C)C. The predicted octanol–water partition coefficient (Wildman–Crippen LogP) is 7.52. The highest BCUT2D eigenvalue weighted by Gasteiger charge is 2.85. The van der Waals surface area contributed by atoms with Gasteiger partial charge in [-0.05, 0) is 88.4 Å². The van der Waals surface area contributed by atoms with Crippen LogP contribution in [0.25, 0.3) is 0 Å². The Morgan fingerprint density at radius 3 is 2.21 bits per heavy atom. The first kappa shape index (κ1) is 27.9. The van der Waals surface area contributed by atoms with E-state index in [1.807, 2.05) is 19.9 Å². The van der Waals surface area contributed by atoms with Crippen molar-refractivity contribution in [3.8, 4) is 0 Å². The van der Waals surface area contributed by atoms with Crippen molar-refractivity contribution in [2.24, 2.45) is 38.9 Å². The Labute approximate surface area is 233 Å². The summed E-state index contributed by atoms with van der Waals surface area (Å²) in [7, 11) is 0. The molecule has 5 aliphatic carbocycles. The lowest BCUT2D eigenvalue weighted by atomic mass is 9.37. The number of hydrogen-bond donors (Lipinski definition) is 0. The second-order valence-electron chi connectivity index (χ2n) is 14.5. The van der Waals surface area contributed by atoms with E-state index in [1.165, 1.54) is 5.57 Å². The highest BCUT2D eigenvalue weighted by molar-refractivity contribution is 6.42. The zero-order chi connectivity index (χ0) is 28.6. The van der Waals surface area contributed by atoms with Gasteiger partial charge in [-0.1, -0.05) is 81.3 Å². The van der Waals surface area contributed by atoms with Crippen LogP contribution in [0.5, 0.6) is 0 Å². The summed E-state index contributed by atoms with van der Waals surface area (Å²) >= 11 is 0. The lowest BCUT2D eigenvalue weighted by Gasteiger charge is -2.60. The quantitative estimate of drug-likeness (QED) is 0.208. The maximum atomic E-state index is 15.1.